The topological polar surface area (TPSA) is 35.5 Å². The van der Waals surface area contributed by atoms with Crippen LogP contribution >= 0.6 is 0 Å². The molecule has 4 atom stereocenters. The summed E-state index contributed by atoms with van der Waals surface area (Å²) in [6.07, 6.45) is 8.02. The molecule has 3 nitrogen and oxygen atoms in total. The fourth-order valence-electron chi connectivity index (χ4n) is 4.23. The van der Waals surface area contributed by atoms with E-state index in [1.807, 2.05) is 19.9 Å². The van der Waals surface area contributed by atoms with E-state index in [9.17, 15) is 18.0 Å². The summed E-state index contributed by atoms with van der Waals surface area (Å²) in [4.78, 5) is 12.4. The molecule has 48 heavy (non-hydrogen) atoms. The Morgan fingerprint density at radius 3 is 1.96 bits per heavy atom. The minimum atomic E-state index is -0.986. The Hall–Kier alpha value is -3.38. The standard InChI is InChI=1S/C19H20F2O3.C18H31F.C5H10/c1-3-7-17(23-2)18(14-10-11-15(20)16(21)12-14)24-19(22)13-8-5-4-6-9-13;1-8-13(4)11-17(16(7)15(6)10-3)18(19)12-14(5)9-2;1-4-5(2)3/h4-6,8-12,17-18H,3,7H2,1-2H3;11-12,14-15H,8-10H2,1-7H3;2,4H2,1,3H3/b;13-11?,17-16+,18-12+;. The van der Waals surface area contributed by atoms with Crippen LogP contribution in [0.3, 0.4) is 0 Å². The summed E-state index contributed by atoms with van der Waals surface area (Å²) in [6, 6.07) is 12.0. The lowest BCUT2D eigenvalue weighted by Crippen LogP contribution is -2.26. The molecule has 0 aliphatic carbocycles. The van der Waals surface area contributed by atoms with Crippen molar-refractivity contribution in [2.75, 3.05) is 7.11 Å². The molecule has 0 heterocycles. The van der Waals surface area contributed by atoms with Gasteiger partial charge in [-0.2, -0.15) is 0 Å². The van der Waals surface area contributed by atoms with Crippen molar-refractivity contribution < 1.29 is 27.4 Å². The van der Waals surface area contributed by atoms with E-state index in [0.29, 0.717) is 23.5 Å². The molecule has 2 aromatic carbocycles. The molecule has 0 saturated carbocycles. The summed E-state index contributed by atoms with van der Waals surface area (Å²) in [5.74, 6) is -1.82. The molecular weight excluding hydrogens is 609 g/mol. The smallest absolute Gasteiger partial charge is 0.338 e. The Bertz CT molecular complexity index is 1330. The van der Waals surface area contributed by atoms with E-state index in [1.165, 1.54) is 24.3 Å². The third kappa shape index (κ3) is 16.6. The van der Waals surface area contributed by atoms with Gasteiger partial charge in [0.2, 0.25) is 0 Å². The summed E-state index contributed by atoms with van der Waals surface area (Å²) in [7, 11) is 1.50. The minimum absolute atomic E-state index is 0.0556. The van der Waals surface area contributed by atoms with Crippen molar-refractivity contribution in [1.82, 2.24) is 0 Å². The van der Waals surface area contributed by atoms with E-state index in [4.69, 9.17) is 9.47 Å². The maximum Gasteiger partial charge on any atom is 0.338 e. The fraction of sp³-hybridized carbons (Fsp3) is 0.500. The number of carbonyl (C=O) groups is 1. The Labute approximate surface area is 290 Å². The number of hydrogen-bond acceptors (Lipinski definition) is 3. The summed E-state index contributed by atoms with van der Waals surface area (Å²) in [5.41, 5.74) is 5.19. The van der Waals surface area contributed by atoms with Crippen LogP contribution in [0.1, 0.15) is 130 Å². The third-order valence-electron chi connectivity index (χ3n) is 8.39. The highest BCUT2D eigenvalue weighted by molar-refractivity contribution is 5.89. The van der Waals surface area contributed by atoms with Crippen molar-refractivity contribution in [1.29, 1.82) is 0 Å². The Balaban J connectivity index is 0.000000825. The summed E-state index contributed by atoms with van der Waals surface area (Å²) in [6.45, 7) is 24.5. The highest BCUT2D eigenvalue weighted by Gasteiger charge is 2.28. The van der Waals surface area contributed by atoms with E-state index in [2.05, 4.69) is 62.0 Å². The maximum absolute atomic E-state index is 14.5. The number of rotatable bonds is 15. The predicted molar refractivity (Wildman–Crippen MR) is 197 cm³/mol. The van der Waals surface area contributed by atoms with Crippen molar-refractivity contribution in [3.63, 3.8) is 0 Å². The first-order chi connectivity index (χ1) is 22.7. The normalized spacial score (nSPS) is 14.6. The first-order valence-electron chi connectivity index (χ1n) is 17.3. The zero-order valence-corrected chi connectivity index (χ0v) is 31.4. The van der Waals surface area contributed by atoms with Crippen LogP contribution in [-0.2, 0) is 9.47 Å². The third-order valence-corrected chi connectivity index (χ3v) is 8.39. The summed E-state index contributed by atoms with van der Waals surface area (Å²) >= 11 is 0. The molecule has 0 N–H and O–H groups in total. The largest absolute Gasteiger partial charge is 0.451 e. The van der Waals surface area contributed by atoms with Gasteiger partial charge in [-0.25, -0.2) is 18.0 Å². The van der Waals surface area contributed by atoms with Gasteiger partial charge < -0.3 is 9.47 Å². The molecule has 0 aliphatic heterocycles. The Kier molecular flexibility index (Phi) is 23.0. The molecule has 0 fully saturated rings. The molecule has 2 rings (SSSR count). The molecule has 0 spiro atoms. The zero-order chi connectivity index (χ0) is 36.8. The van der Waals surface area contributed by atoms with E-state index in [1.54, 1.807) is 36.4 Å². The SMILES string of the molecule is C=C(C)CC.CCC(C)=CC(/C(F)=C\C(C)CC)=C(/C)C(C)CC.CCCC(OC)C(OC(=O)c1ccccc1)c1ccc(F)c(F)c1. The molecule has 0 aliphatic rings. The summed E-state index contributed by atoms with van der Waals surface area (Å²) in [5, 5.41) is 0. The Morgan fingerprint density at radius 1 is 0.896 bits per heavy atom. The molecule has 2 aromatic rings. The molecule has 4 unspecified atom stereocenters. The van der Waals surface area contributed by atoms with E-state index in [-0.39, 0.29) is 11.7 Å². The van der Waals surface area contributed by atoms with Gasteiger partial charge in [-0.15, -0.1) is 6.58 Å². The van der Waals surface area contributed by atoms with E-state index >= 15 is 0 Å². The molecule has 0 aromatic heterocycles. The number of carbonyl (C=O) groups excluding carboxylic acids is 1. The predicted octanol–water partition coefficient (Wildman–Crippen LogP) is 13.3. The van der Waals surface area contributed by atoms with E-state index < -0.39 is 29.8 Å². The average molecular weight is 671 g/mol. The minimum Gasteiger partial charge on any atom is -0.451 e. The van der Waals surface area contributed by atoms with Crippen molar-refractivity contribution >= 4 is 5.97 Å². The van der Waals surface area contributed by atoms with Crippen molar-refractivity contribution in [3.8, 4) is 0 Å². The van der Waals surface area contributed by atoms with Crippen molar-refractivity contribution in [3.05, 3.63) is 118 Å². The van der Waals surface area contributed by atoms with Gasteiger partial charge in [0, 0.05) is 12.7 Å². The van der Waals surface area contributed by atoms with Crippen LogP contribution in [0.2, 0.25) is 0 Å². The molecule has 0 amide bonds. The first-order valence-corrected chi connectivity index (χ1v) is 17.3. The lowest BCUT2D eigenvalue weighted by Gasteiger charge is -2.26. The number of allylic oxidation sites excluding steroid dienone is 7. The van der Waals surface area contributed by atoms with Crippen LogP contribution in [-0.4, -0.2) is 19.2 Å². The number of hydrogen-bond donors (Lipinski definition) is 0. The number of methoxy groups -OCH3 is 1. The Morgan fingerprint density at radius 2 is 1.50 bits per heavy atom. The molecule has 0 radical (unpaired) electrons. The van der Waals surface area contributed by atoms with Gasteiger partial charge in [-0.3, -0.25) is 0 Å². The number of ether oxygens (including phenoxy) is 2. The second-order valence-electron chi connectivity index (χ2n) is 12.4. The molecule has 0 bridgehead atoms. The fourth-order valence-corrected chi connectivity index (χ4v) is 4.23. The van der Waals surface area contributed by atoms with Crippen LogP contribution in [0.4, 0.5) is 13.2 Å². The lowest BCUT2D eigenvalue weighted by molar-refractivity contribution is -0.0407. The highest BCUT2D eigenvalue weighted by atomic mass is 19.2. The van der Waals surface area contributed by atoms with Gasteiger partial charge in [0.25, 0.3) is 0 Å². The molecule has 268 valence electrons. The quantitative estimate of drug-likeness (QED) is 0.107. The van der Waals surface area contributed by atoms with Crippen LogP contribution in [0, 0.1) is 23.5 Å². The maximum atomic E-state index is 14.5. The monoisotopic (exact) mass is 670 g/mol. The van der Waals surface area contributed by atoms with Crippen LogP contribution in [0.5, 0.6) is 0 Å². The van der Waals surface area contributed by atoms with Crippen LogP contribution < -0.4 is 0 Å². The van der Waals surface area contributed by atoms with Crippen molar-refractivity contribution in [2.45, 2.75) is 120 Å². The second kappa shape index (κ2) is 24.7. The van der Waals surface area contributed by atoms with Gasteiger partial charge in [0.15, 0.2) is 17.7 Å². The number of esters is 1. The molecular formula is C42H61F3O3. The van der Waals surface area contributed by atoms with Crippen molar-refractivity contribution in [2.24, 2.45) is 11.8 Å². The number of halogens is 3. The summed E-state index contributed by atoms with van der Waals surface area (Å²) < 4.78 is 52.3. The van der Waals surface area contributed by atoms with Gasteiger partial charge in [0.1, 0.15) is 5.83 Å². The molecule has 0 saturated heterocycles. The first kappa shape index (κ1) is 44.6. The van der Waals surface area contributed by atoms with Gasteiger partial charge in [0.05, 0.1) is 11.7 Å². The van der Waals surface area contributed by atoms with E-state index in [0.717, 1.165) is 55.4 Å². The molecule has 6 heteroatoms. The second-order valence-corrected chi connectivity index (χ2v) is 12.4. The highest BCUT2D eigenvalue weighted by Crippen LogP contribution is 2.29. The lowest BCUT2D eigenvalue weighted by atomic mass is 9.92. The van der Waals surface area contributed by atoms with Gasteiger partial charge in [-0.05, 0) is 101 Å². The van der Waals surface area contributed by atoms with Crippen LogP contribution in [0.25, 0.3) is 0 Å². The van der Waals surface area contributed by atoms with Crippen LogP contribution in [0.15, 0.2) is 95.4 Å². The van der Waals surface area contributed by atoms with Gasteiger partial charge in [-0.1, -0.05) is 102 Å². The zero-order valence-electron chi connectivity index (χ0n) is 31.4. The average Bonchev–Trinajstić information content (AvgIpc) is 3.09. The van der Waals surface area contributed by atoms with Gasteiger partial charge >= 0.3 is 5.97 Å². The number of benzene rings is 2.